The number of hydrogen-bond acceptors (Lipinski definition) is 6. The Morgan fingerprint density at radius 3 is 2.43 bits per heavy atom. The van der Waals surface area contributed by atoms with Gasteiger partial charge in [-0.2, -0.15) is 8.42 Å². The summed E-state index contributed by atoms with van der Waals surface area (Å²) < 4.78 is 50.6. The lowest BCUT2D eigenvalue weighted by Gasteiger charge is -2.37. The highest BCUT2D eigenvalue weighted by molar-refractivity contribution is 7.86. The molecule has 0 aromatic rings. The highest BCUT2D eigenvalue weighted by atomic mass is 32.3. The third-order valence-corrected chi connectivity index (χ3v) is 4.10. The Kier molecular flexibility index (Phi) is 7.22. The number of nitrogens with zero attached hydrogens (tertiary/aromatic N) is 1. The number of methoxy groups -OCH3 is 1. The van der Waals surface area contributed by atoms with Gasteiger partial charge in [-0.3, -0.25) is 0 Å². The van der Waals surface area contributed by atoms with Gasteiger partial charge in [-0.05, 0) is 33.1 Å². The maximum atomic E-state index is 13.0. The number of rotatable bonds is 6. The number of piperidine rings is 1. The predicted octanol–water partition coefficient (Wildman–Crippen LogP) is 1.57. The zero-order chi connectivity index (χ0) is 17.7. The lowest BCUT2D eigenvalue weighted by atomic mass is 9.98. The minimum absolute atomic E-state index is 0.127. The maximum Gasteiger partial charge on any atom is 0.410 e. The Hall–Kier alpha value is -0.930. The quantitative estimate of drug-likeness (QED) is 0.531. The molecule has 136 valence electrons. The summed E-state index contributed by atoms with van der Waals surface area (Å²) in [5.74, 6) is -1.16. The van der Waals surface area contributed by atoms with Crippen LogP contribution in [0.15, 0.2) is 0 Å². The van der Waals surface area contributed by atoms with E-state index in [2.05, 4.69) is 0 Å². The van der Waals surface area contributed by atoms with Crippen LogP contribution in [0.2, 0.25) is 0 Å². The normalized spacial score (nSPS) is 22.9. The van der Waals surface area contributed by atoms with E-state index in [4.69, 9.17) is 14.2 Å². The molecule has 0 aliphatic carbocycles. The van der Waals surface area contributed by atoms with Crippen LogP contribution in [0.3, 0.4) is 0 Å². The van der Waals surface area contributed by atoms with Crippen LogP contribution in [-0.4, -0.2) is 70.3 Å². The number of carbonyl (C=O) groups is 1. The van der Waals surface area contributed by atoms with E-state index in [1.807, 2.05) is 0 Å². The van der Waals surface area contributed by atoms with Crippen LogP contribution in [0.5, 0.6) is 0 Å². The Bertz CT molecular complexity index is 490. The van der Waals surface area contributed by atoms with E-state index < -0.39 is 33.6 Å². The Morgan fingerprint density at radius 2 is 1.91 bits per heavy atom. The number of halogens is 1. The predicted molar refractivity (Wildman–Crippen MR) is 82.4 cm³/mol. The summed E-state index contributed by atoms with van der Waals surface area (Å²) in [6, 6.07) is 0. The minimum Gasteiger partial charge on any atom is -0.444 e. The number of hydrogen-bond donors (Lipinski definition) is 0. The molecule has 1 amide bonds. The van der Waals surface area contributed by atoms with Crippen molar-refractivity contribution in [2.45, 2.75) is 38.9 Å². The molecule has 1 aliphatic rings. The monoisotopic (exact) mass is 355 g/mol. The van der Waals surface area contributed by atoms with E-state index >= 15 is 0 Å². The molecule has 1 fully saturated rings. The van der Waals surface area contributed by atoms with Gasteiger partial charge in [-0.1, -0.05) is 0 Å². The molecular formula is C14H26FNO6S. The molecule has 2 unspecified atom stereocenters. The molecule has 0 saturated carbocycles. The average molecular weight is 355 g/mol. The van der Waals surface area contributed by atoms with Gasteiger partial charge in [0.25, 0.3) is 0 Å². The first kappa shape index (κ1) is 20.1. The molecule has 1 aliphatic heterocycles. The molecule has 7 nitrogen and oxygen atoms in total. The van der Waals surface area contributed by atoms with Gasteiger partial charge >= 0.3 is 16.3 Å². The number of carbonyl (C=O) groups excluding carboxylic acids is 1. The van der Waals surface area contributed by atoms with E-state index in [9.17, 15) is 17.1 Å². The van der Waals surface area contributed by atoms with Crippen molar-refractivity contribution in [1.82, 2.24) is 4.90 Å². The van der Waals surface area contributed by atoms with Gasteiger partial charge < -0.3 is 19.1 Å². The Balaban J connectivity index is 2.73. The highest BCUT2D eigenvalue weighted by Gasteiger charge is 2.35. The van der Waals surface area contributed by atoms with Crippen LogP contribution < -0.4 is 0 Å². The van der Waals surface area contributed by atoms with Gasteiger partial charge in [0.1, 0.15) is 5.60 Å². The SMILES string of the molecule is COCCOC1CC(CS(=O)(=O)F)CN(C(=O)OC(C)(C)C)C1. The molecule has 9 heteroatoms. The largest absolute Gasteiger partial charge is 0.444 e. The zero-order valence-electron chi connectivity index (χ0n) is 14.1. The van der Waals surface area contributed by atoms with E-state index in [0.29, 0.717) is 19.6 Å². The highest BCUT2D eigenvalue weighted by Crippen LogP contribution is 2.23. The zero-order valence-corrected chi connectivity index (χ0v) is 14.9. The summed E-state index contributed by atoms with van der Waals surface area (Å²) in [7, 11) is -3.08. The van der Waals surface area contributed by atoms with Crippen molar-refractivity contribution in [3.63, 3.8) is 0 Å². The lowest BCUT2D eigenvalue weighted by Crippen LogP contribution is -2.50. The molecule has 0 spiro atoms. The van der Waals surface area contributed by atoms with Crippen LogP contribution in [-0.2, 0) is 24.4 Å². The first-order valence-electron chi connectivity index (χ1n) is 7.51. The fraction of sp³-hybridized carbons (Fsp3) is 0.929. The summed E-state index contributed by atoms with van der Waals surface area (Å²) in [5.41, 5.74) is -0.664. The van der Waals surface area contributed by atoms with E-state index in [-0.39, 0.29) is 19.2 Å². The van der Waals surface area contributed by atoms with Crippen LogP contribution in [0.1, 0.15) is 27.2 Å². The summed E-state index contributed by atoms with van der Waals surface area (Å²) in [5, 5.41) is 0. The van der Waals surface area contributed by atoms with E-state index in [0.717, 1.165) is 0 Å². The second-order valence-corrected chi connectivity index (χ2v) is 8.09. The van der Waals surface area contributed by atoms with E-state index in [1.54, 1.807) is 20.8 Å². The second-order valence-electron chi connectivity index (χ2n) is 6.68. The molecule has 1 saturated heterocycles. The molecule has 0 bridgehead atoms. The van der Waals surface area contributed by atoms with Crippen LogP contribution >= 0.6 is 0 Å². The summed E-state index contributed by atoms with van der Waals surface area (Å²) in [6.45, 7) is 6.33. The van der Waals surface area contributed by atoms with Crippen molar-refractivity contribution in [3.05, 3.63) is 0 Å². The van der Waals surface area contributed by atoms with Crippen molar-refractivity contribution in [2.24, 2.45) is 5.92 Å². The first-order chi connectivity index (χ1) is 10.5. The van der Waals surface area contributed by atoms with Crippen LogP contribution in [0, 0.1) is 5.92 Å². The third-order valence-electron chi connectivity index (χ3n) is 3.23. The maximum absolute atomic E-state index is 13.0. The fourth-order valence-electron chi connectivity index (χ4n) is 2.45. The number of ether oxygens (including phenoxy) is 3. The molecule has 0 aromatic carbocycles. The minimum atomic E-state index is -4.62. The van der Waals surface area contributed by atoms with E-state index in [1.165, 1.54) is 12.0 Å². The Labute approximate surface area is 137 Å². The molecule has 23 heavy (non-hydrogen) atoms. The topological polar surface area (TPSA) is 82.1 Å². The van der Waals surface area contributed by atoms with Crippen LogP contribution in [0.25, 0.3) is 0 Å². The molecule has 1 heterocycles. The van der Waals surface area contributed by atoms with Crippen molar-refractivity contribution in [2.75, 3.05) is 39.2 Å². The lowest BCUT2D eigenvalue weighted by molar-refractivity contribution is -0.0424. The first-order valence-corrected chi connectivity index (χ1v) is 9.06. The summed E-state index contributed by atoms with van der Waals surface area (Å²) in [4.78, 5) is 13.6. The second kappa shape index (κ2) is 8.25. The molecule has 0 radical (unpaired) electrons. The van der Waals surface area contributed by atoms with Crippen molar-refractivity contribution < 1.29 is 31.3 Å². The molecular weight excluding hydrogens is 329 g/mol. The number of amides is 1. The van der Waals surface area contributed by atoms with Gasteiger partial charge in [0.15, 0.2) is 0 Å². The van der Waals surface area contributed by atoms with Gasteiger partial charge in [0.05, 0.1) is 31.6 Å². The smallest absolute Gasteiger partial charge is 0.410 e. The molecule has 0 aromatic heterocycles. The van der Waals surface area contributed by atoms with Crippen LogP contribution in [0.4, 0.5) is 8.68 Å². The summed E-state index contributed by atoms with van der Waals surface area (Å²) >= 11 is 0. The van der Waals surface area contributed by atoms with Gasteiger partial charge in [0.2, 0.25) is 0 Å². The Morgan fingerprint density at radius 1 is 1.26 bits per heavy atom. The van der Waals surface area contributed by atoms with Crippen molar-refractivity contribution in [3.8, 4) is 0 Å². The van der Waals surface area contributed by atoms with Crippen molar-refractivity contribution in [1.29, 1.82) is 0 Å². The van der Waals surface area contributed by atoms with Crippen molar-refractivity contribution >= 4 is 16.3 Å². The average Bonchev–Trinajstić information content (AvgIpc) is 2.34. The number of likely N-dealkylation sites (tertiary alicyclic amines) is 1. The molecule has 1 rings (SSSR count). The van der Waals surface area contributed by atoms with Gasteiger partial charge in [0, 0.05) is 13.7 Å². The molecule has 2 atom stereocenters. The van der Waals surface area contributed by atoms with Gasteiger partial charge in [-0.25, -0.2) is 4.79 Å². The standard InChI is InChI=1S/C14H26FNO6S/c1-14(2,3)22-13(17)16-8-11(10-23(15,18)19)7-12(9-16)21-6-5-20-4/h11-12H,5-10H2,1-4H3. The summed E-state index contributed by atoms with van der Waals surface area (Å²) in [6.07, 6.45) is -0.566. The fourth-order valence-corrected chi connectivity index (χ4v) is 3.25. The third kappa shape index (κ3) is 8.47. The van der Waals surface area contributed by atoms with Gasteiger partial charge in [-0.15, -0.1) is 3.89 Å². The molecule has 0 N–H and O–H groups in total.